The lowest BCUT2D eigenvalue weighted by Gasteiger charge is -2.25. The molecule has 2 unspecified atom stereocenters. The van der Waals surface area contributed by atoms with Gasteiger partial charge in [0.05, 0.1) is 6.10 Å². The summed E-state index contributed by atoms with van der Waals surface area (Å²) in [6.45, 7) is 13.3. The molecular weight excluding hydrogens is 248 g/mol. The molecule has 0 bridgehead atoms. The van der Waals surface area contributed by atoms with Crippen LogP contribution in [-0.2, 0) is 11.8 Å². The first kappa shape index (κ1) is 17.0. The molecule has 0 saturated heterocycles. The van der Waals surface area contributed by atoms with Crippen LogP contribution in [0.3, 0.4) is 0 Å². The Morgan fingerprint density at radius 3 is 2.35 bits per heavy atom. The molecule has 2 nitrogen and oxygen atoms in total. The number of hydrogen-bond donors (Lipinski definition) is 1. The third-order valence-electron chi connectivity index (χ3n) is 3.97. The minimum Gasteiger partial charge on any atom is -0.491 e. The Kier molecular flexibility index (Phi) is 6.07. The molecule has 0 saturated carbocycles. The highest BCUT2D eigenvalue weighted by Crippen LogP contribution is 2.32. The average Bonchev–Trinajstić information content (AvgIpc) is 2.42. The topological polar surface area (TPSA) is 29.5 Å². The van der Waals surface area contributed by atoms with E-state index in [1.165, 1.54) is 11.1 Å². The zero-order valence-electron chi connectivity index (χ0n) is 13.9. The van der Waals surface area contributed by atoms with Crippen LogP contribution in [0.15, 0.2) is 18.2 Å². The highest BCUT2D eigenvalue weighted by molar-refractivity contribution is 5.41. The second-order valence-corrected chi connectivity index (χ2v) is 6.70. The van der Waals surface area contributed by atoms with Crippen LogP contribution in [0, 0.1) is 5.92 Å². The molecule has 1 N–H and O–H groups in total. The maximum Gasteiger partial charge on any atom is 0.123 e. The van der Waals surface area contributed by atoms with Crippen LogP contribution in [0.4, 0.5) is 0 Å². The lowest BCUT2D eigenvalue weighted by molar-refractivity contribution is 0.0614. The number of aliphatic hydroxyl groups is 1. The van der Waals surface area contributed by atoms with Crippen molar-refractivity contribution in [1.29, 1.82) is 0 Å². The van der Waals surface area contributed by atoms with Gasteiger partial charge in [-0.3, -0.25) is 0 Å². The Hall–Kier alpha value is -1.02. The zero-order valence-corrected chi connectivity index (χ0v) is 13.9. The average molecular weight is 278 g/mol. The van der Waals surface area contributed by atoms with Gasteiger partial charge in [-0.1, -0.05) is 60.1 Å². The van der Waals surface area contributed by atoms with Gasteiger partial charge in [0.15, 0.2) is 0 Å². The number of hydrogen-bond acceptors (Lipinski definition) is 2. The van der Waals surface area contributed by atoms with Crippen molar-refractivity contribution in [3.63, 3.8) is 0 Å². The van der Waals surface area contributed by atoms with Crippen LogP contribution in [-0.4, -0.2) is 17.8 Å². The quantitative estimate of drug-likeness (QED) is 0.839. The largest absolute Gasteiger partial charge is 0.491 e. The van der Waals surface area contributed by atoms with Gasteiger partial charge in [0.1, 0.15) is 12.4 Å². The molecule has 0 fully saturated rings. The molecule has 1 aromatic rings. The van der Waals surface area contributed by atoms with Gasteiger partial charge in [0, 0.05) is 0 Å². The summed E-state index contributed by atoms with van der Waals surface area (Å²) in [7, 11) is 0. The molecule has 2 heteroatoms. The molecule has 0 radical (unpaired) electrons. The van der Waals surface area contributed by atoms with Gasteiger partial charge >= 0.3 is 0 Å². The fourth-order valence-electron chi connectivity index (χ4n) is 2.12. The van der Waals surface area contributed by atoms with Crippen molar-refractivity contribution >= 4 is 0 Å². The minimum absolute atomic E-state index is 0.0435. The maximum atomic E-state index is 10.0. The normalized spacial score (nSPS) is 14.9. The first-order chi connectivity index (χ1) is 9.29. The summed E-state index contributed by atoms with van der Waals surface area (Å²) in [6.07, 6.45) is 1.59. The number of aliphatic hydroxyl groups excluding tert-OH is 1. The Balaban J connectivity index is 2.89. The van der Waals surface area contributed by atoms with Gasteiger partial charge < -0.3 is 9.84 Å². The van der Waals surface area contributed by atoms with E-state index in [4.69, 9.17) is 4.74 Å². The van der Waals surface area contributed by atoms with Crippen LogP contribution in [0.2, 0.25) is 0 Å². The third-order valence-corrected chi connectivity index (χ3v) is 3.97. The van der Waals surface area contributed by atoms with Crippen molar-refractivity contribution in [2.45, 2.75) is 65.9 Å². The van der Waals surface area contributed by atoms with Crippen LogP contribution in [0.5, 0.6) is 5.75 Å². The lowest BCUT2D eigenvalue weighted by atomic mass is 9.85. The fraction of sp³-hybridized carbons (Fsp3) is 0.667. The number of ether oxygens (including phenoxy) is 1. The van der Waals surface area contributed by atoms with Gasteiger partial charge in [-0.15, -0.1) is 0 Å². The number of rotatable bonds is 6. The number of benzene rings is 1. The molecule has 20 heavy (non-hydrogen) atoms. The van der Waals surface area contributed by atoms with Crippen molar-refractivity contribution in [2.24, 2.45) is 5.92 Å². The molecule has 1 aromatic carbocycles. The summed E-state index contributed by atoms with van der Waals surface area (Å²) in [5.74, 6) is 1.17. The van der Waals surface area contributed by atoms with Gasteiger partial charge in [-0.05, 0) is 34.9 Å². The molecule has 0 amide bonds. The summed E-state index contributed by atoms with van der Waals surface area (Å²) in [5.41, 5.74) is 2.58. The van der Waals surface area contributed by atoms with E-state index < -0.39 is 6.10 Å². The second-order valence-electron chi connectivity index (χ2n) is 6.70. The van der Waals surface area contributed by atoms with E-state index in [0.717, 1.165) is 18.6 Å². The summed E-state index contributed by atoms with van der Waals surface area (Å²) in [6, 6.07) is 6.38. The predicted octanol–water partition coefficient (Wildman–Crippen LogP) is 4.33. The van der Waals surface area contributed by atoms with E-state index in [2.05, 4.69) is 53.7 Å². The maximum absolute atomic E-state index is 10.0. The Labute approximate surface area is 124 Å². The molecule has 0 aliphatic heterocycles. The van der Waals surface area contributed by atoms with E-state index in [0.29, 0.717) is 6.61 Å². The van der Waals surface area contributed by atoms with Crippen LogP contribution in [0.1, 0.15) is 59.1 Å². The highest BCUT2D eigenvalue weighted by atomic mass is 16.5. The van der Waals surface area contributed by atoms with Crippen molar-refractivity contribution in [3.8, 4) is 5.75 Å². The van der Waals surface area contributed by atoms with Gasteiger partial charge in [0.2, 0.25) is 0 Å². The number of aryl methyl sites for hydroxylation is 1. The first-order valence-corrected chi connectivity index (χ1v) is 7.73. The highest BCUT2D eigenvalue weighted by Gasteiger charge is 2.21. The van der Waals surface area contributed by atoms with Crippen molar-refractivity contribution in [1.82, 2.24) is 0 Å². The summed E-state index contributed by atoms with van der Waals surface area (Å²) >= 11 is 0. The summed E-state index contributed by atoms with van der Waals surface area (Å²) < 4.78 is 5.90. The predicted molar refractivity (Wildman–Crippen MR) is 85.5 cm³/mol. The van der Waals surface area contributed by atoms with Crippen molar-refractivity contribution in [2.75, 3.05) is 6.61 Å². The molecule has 0 aromatic heterocycles. The third kappa shape index (κ3) is 4.52. The SMILES string of the molecule is CCc1ccc(OCC(O)C(C)CC)c(C(C)(C)C)c1. The fourth-order valence-corrected chi connectivity index (χ4v) is 2.12. The van der Waals surface area contributed by atoms with Gasteiger partial charge in [0.25, 0.3) is 0 Å². The summed E-state index contributed by atoms with van der Waals surface area (Å²) in [4.78, 5) is 0. The Morgan fingerprint density at radius 1 is 1.20 bits per heavy atom. The Morgan fingerprint density at radius 2 is 1.85 bits per heavy atom. The monoisotopic (exact) mass is 278 g/mol. The van der Waals surface area contributed by atoms with Crippen molar-refractivity contribution in [3.05, 3.63) is 29.3 Å². The van der Waals surface area contributed by atoms with Crippen molar-refractivity contribution < 1.29 is 9.84 Å². The minimum atomic E-state index is -0.404. The second kappa shape index (κ2) is 7.12. The molecular formula is C18H30O2. The van der Waals surface area contributed by atoms with E-state index in [9.17, 15) is 5.11 Å². The first-order valence-electron chi connectivity index (χ1n) is 7.73. The molecule has 0 heterocycles. The molecule has 0 aliphatic rings. The molecule has 114 valence electrons. The van der Waals surface area contributed by atoms with Gasteiger partial charge in [-0.2, -0.15) is 0 Å². The lowest BCUT2D eigenvalue weighted by Crippen LogP contribution is -2.25. The standard InChI is InChI=1S/C18H30O2/c1-7-13(3)16(19)12-20-17-10-9-14(8-2)11-15(17)18(4,5)6/h9-11,13,16,19H,7-8,12H2,1-6H3. The molecule has 2 atom stereocenters. The van der Waals surface area contributed by atoms with Crippen LogP contribution in [0.25, 0.3) is 0 Å². The smallest absolute Gasteiger partial charge is 0.123 e. The van der Waals surface area contributed by atoms with E-state index in [1.54, 1.807) is 0 Å². The van der Waals surface area contributed by atoms with Crippen LogP contribution >= 0.6 is 0 Å². The van der Waals surface area contributed by atoms with E-state index in [-0.39, 0.29) is 11.3 Å². The van der Waals surface area contributed by atoms with Crippen LogP contribution < -0.4 is 4.74 Å². The van der Waals surface area contributed by atoms with E-state index >= 15 is 0 Å². The van der Waals surface area contributed by atoms with E-state index in [1.807, 2.05) is 6.07 Å². The molecule has 0 aliphatic carbocycles. The zero-order chi connectivity index (χ0) is 15.3. The Bertz CT molecular complexity index is 418. The molecule has 1 rings (SSSR count). The van der Waals surface area contributed by atoms with Gasteiger partial charge in [-0.25, -0.2) is 0 Å². The summed E-state index contributed by atoms with van der Waals surface area (Å²) in [5, 5.41) is 10.0. The molecule has 0 spiro atoms.